The molecule has 0 spiro atoms. The molecule has 1 aromatic carbocycles. The van der Waals surface area contributed by atoms with Gasteiger partial charge in [0.2, 0.25) is 0 Å². The van der Waals surface area contributed by atoms with Gasteiger partial charge in [-0.1, -0.05) is 0 Å². The van der Waals surface area contributed by atoms with Gasteiger partial charge < -0.3 is 15.9 Å². The Kier molecular flexibility index (Phi) is 4.55. The van der Waals surface area contributed by atoms with Crippen LogP contribution in [0.4, 0.5) is 11.4 Å². The fraction of sp³-hybridized carbons (Fsp3) is 0.400. The van der Waals surface area contributed by atoms with E-state index in [2.05, 4.69) is 5.73 Å². The van der Waals surface area contributed by atoms with Crippen molar-refractivity contribution < 1.29 is 20.8 Å². The van der Waals surface area contributed by atoms with Crippen LogP contribution in [0.5, 0.6) is 0 Å². The lowest BCUT2D eigenvalue weighted by Gasteiger charge is -2.16. The quantitative estimate of drug-likeness (QED) is 0.444. The molecule has 0 fully saturated rings. The van der Waals surface area contributed by atoms with Gasteiger partial charge in [-0.05, 0) is 0 Å². The van der Waals surface area contributed by atoms with E-state index in [1.165, 1.54) is 0 Å². The number of hydrogen-bond donors (Lipinski definition) is 4. The Morgan fingerprint density at radius 1 is 1.00 bits per heavy atom. The molecule has 0 saturated heterocycles. The predicted octanol–water partition coefficient (Wildman–Crippen LogP) is -1.94. The second-order valence-corrected chi connectivity index (χ2v) is 3.25. The van der Waals surface area contributed by atoms with Crippen molar-refractivity contribution >= 4 is 11.4 Å². The van der Waals surface area contributed by atoms with E-state index < -0.39 is 0 Å². The predicted molar refractivity (Wildman–Crippen MR) is 53.5 cm³/mol. The van der Waals surface area contributed by atoms with Crippen molar-refractivity contribution in [2.75, 3.05) is 26.3 Å². The smallest absolute Gasteiger partial charge is 0.131 e. The summed E-state index contributed by atoms with van der Waals surface area (Å²) in [6.07, 6.45) is 0. The molecule has 0 aromatic heterocycles. The zero-order chi connectivity index (χ0) is 10.4. The zero-order valence-electron chi connectivity index (χ0n) is 8.24. The summed E-state index contributed by atoms with van der Waals surface area (Å²) >= 11 is 0. The van der Waals surface area contributed by atoms with Crippen LogP contribution >= 0.6 is 0 Å². The highest BCUT2D eigenvalue weighted by Gasteiger charge is 2.10. The van der Waals surface area contributed by atoms with Crippen LogP contribution in [0, 0.1) is 0 Å². The first-order valence-corrected chi connectivity index (χ1v) is 4.76. The Morgan fingerprint density at radius 3 is 1.93 bits per heavy atom. The molecule has 0 saturated carbocycles. The Bertz CT molecular complexity index is 255. The van der Waals surface area contributed by atoms with Crippen LogP contribution in [-0.4, -0.2) is 36.5 Å². The average molecular weight is 198 g/mol. The summed E-state index contributed by atoms with van der Waals surface area (Å²) in [7, 11) is 0. The third-order valence-electron chi connectivity index (χ3n) is 2.19. The molecule has 14 heavy (non-hydrogen) atoms. The van der Waals surface area contributed by atoms with E-state index in [0.29, 0.717) is 13.1 Å². The summed E-state index contributed by atoms with van der Waals surface area (Å²) in [5.74, 6) is 0. The summed E-state index contributed by atoms with van der Waals surface area (Å²) in [5.41, 5.74) is 5.86. The monoisotopic (exact) mass is 198 g/mol. The van der Waals surface area contributed by atoms with Gasteiger partial charge in [-0.25, -0.2) is 0 Å². The summed E-state index contributed by atoms with van der Waals surface area (Å²) in [6.45, 7) is 1.50. The second-order valence-electron chi connectivity index (χ2n) is 3.25. The summed E-state index contributed by atoms with van der Waals surface area (Å²) in [6, 6.07) is 7.82. The third-order valence-corrected chi connectivity index (χ3v) is 2.19. The van der Waals surface area contributed by atoms with E-state index >= 15 is 0 Å². The maximum Gasteiger partial charge on any atom is 0.131 e. The largest absolute Gasteiger partial charge is 0.391 e. The lowest BCUT2D eigenvalue weighted by Crippen LogP contribution is -3.08. The van der Waals surface area contributed by atoms with Gasteiger partial charge in [-0.15, -0.1) is 0 Å². The van der Waals surface area contributed by atoms with Crippen molar-refractivity contribution in [3.05, 3.63) is 24.3 Å². The molecule has 0 atom stereocenters. The highest BCUT2D eigenvalue weighted by atomic mass is 16.3. The molecule has 0 unspecified atom stereocenters. The van der Waals surface area contributed by atoms with Crippen LogP contribution in [0.25, 0.3) is 0 Å². The van der Waals surface area contributed by atoms with Crippen LogP contribution in [0.3, 0.4) is 0 Å². The first kappa shape index (κ1) is 11.1. The van der Waals surface area contributed by atoms with E-state index in [0.717, 1.165) is 16.3 Å². The molecular formula is C10H18N2O2+2. The molecule has 6 N–H and O–H groups in total. The molecule has 4 nitrogen and oxygen atoms in total. The van der Waals surface area contributed by atoms with Crippen LogP contribution < -0.4 is 10.6 Å². The van der Waals surface area contributed by atoms with Crippen molar-refractivity contribution in [3.8, 4) is 0 Å². The van der Waals surface area contributed by atoms with Crippen molar-refractivity contribution in [1.82, 2.24) is 0 Å². The van der Waals surface area contributed by atoms with Gasteiger partial charge in [0.1, 0.15) is 24.5 Å². The van der Waals surface area contributed by atoms with Crippen LogP contribution in [0.15, 0.2) is 24.3 Å². The second kappa shape index (κ2) is 5.72. The maximum absolute atomic E-state index is 8.86. The minimum absolute atomic E-state index is 0.126. The van der Waals surface area contributed by atoms with E-state index in [1.807, 2.05) is 24.3 Å². The normalized spacial score (nSPS) is 10.9. The van der Waals surface area contributed by atoms with Gasteiger partial charge in [0.25, 0.3) is 0 Å². The summed E-state index contributed by atoms with van der Waals surface area (Å²) in [5, 5.41) is 17.7. The standard InChI is InChI=1S/C10H16N2O2/c11-9-1-3-10(4-2-9)12(5-7-13)6-8-14/h1-4,13-14H,5-8,11H2/p+2. The topological polar surface area (TPSA) is 72.5 Å². The molecule has 0 aliphatic carbocycles. The molecule has 1 rings (SSSR count). The SMILES string of the molecule is [NH3+]c1ccc([NH+](CCO)CCO)cc1. The molecular weight excluding hydrogens is 180 g/mol. The van der Waals surface area contributed by atoms with Gasteiger partial charge in [0.05, 0.1) is 13.2 Å². The molecule has 0 aliphatic heterocycles. The number of nitrogens with one attached hydrogen (secondary N) is 1. The summed E-state index contributed by atoms with van der Waals surface area (Å²) < 4.78 is 0. The number of quaternary nitrogens is 2. The Balaban J connectivity index is 2.71. The lowest BCUT2D eigenvalue weighted by atomic mass is 10.2. The van der Waals surface area contributed by atoms with Crippen molar-refractivity contribution in [2.24, 2.45) is 0 Å². The van der Waals surface area contributed by atoms with Crippen LogP contribution in [-0.2, 0) is 0 Å². The van der Waals surface area contributed by atoms with Gasteiger partial charge in [0, 0.05) is 24.3 Å². The molecule has 0 aliphatic rings. The van der Waals surface area contributed by atoms with E-state index in [1.54, 1.807) is 0 Å². The first-order chi connectivity index (χ1) is 6.77. The van der Waals surface area contributed by atoms with Crippen molar-refractivity contribution in [1.29, 1.82) is 0 Å². The maximum atomic E-state index is 8.86. The molecule has 0 radical (unpaired) electrons. The van der Waals surface area contributed by atoms with Crippen molar-refractivity contribution in [3.63, 3.8) is 0 Å². The van der Waals surface area contributed by atoms with Crippen molar-refractivity contribution in [2.45, 2.75) is 0 Å². The number of hydrogen-bond acceptors (Lipinski definition) is 2. The molecule has 0 heterocycles. The Hall–Kier alpha value is -0.940. The first-order valence-electron chi connectivity index (χ1n) is 4.76. The molecule has 4 heteroatoms. The molecule has 1 aromatic rings. The number of benzene rings is 1. The van der Waals surface area contributed by atoms with Gasteiger partial charge >= 0.3 is 0 Å². The fourth-order valence-electron chi connectivity index (χ4n) is 1.42. The van der Waals surface area contributed by atoms with Gasteiger partial charge in [0.15, 0.2) is 0 Å². The number of aliphatic hydroxyl groups excluding tert-OH is 2. The Morgan fingerprint density at radius 2 is 1.50 bits per heavy atom. The van der Waals surface area contributed by atoms with E-state index in [-0.39, 0.29) is 13.2 Å². The Labute approximate surface area is 83.6 Å². The minimum atomic E-state index is 0.126. The number of aliphatic hydroxyl groups is 2. The number of rotatable bonds is 5. The average Bonchev–Trinajstić information content (AvgIpc) is 2.19. The highest BCUT2D eigenvalue weighted by Crippen LogP contribution is 2.04. The lowest BCUT2D eigenvalue weighted by molar-refractivity contribution is -0.833. The summed E-state index contributed by atoms with van der Waals surface area (Å²) in [4.78, 5) is 1.09. The van der Waals surface area contributed by atoms with E-state index in [4.69, 9.17) is 10.2 Å². The molecule has 0 bridgehead atoms. The van der Waals surface area contributed by atoms with Gasteiger partial charge in [-0.2, -0.15) is 0 Å². The molecule has 0 amide bonds. The minimum Gasteiger partial charge on any atom is -0.391 e. The highest BCUT2D eigenvalue weighted by molar-refractivity contribution is 5.38. The fourth-order valence-corrected chi connectivity index (χ4v) is 1.42. The van der Waals surface area contributed by atoms with Gasteiger partial charge in [-0.3, -0.25) is 4.90 Å². The van der Waals surface area contributed by atoms with Crippen LogP contribution in [0.2, 0.25) is 0 Å². The third kappa shape index (κ3) is 3.08. The zero-order valence-corrected chi connectivity index (χ0v) is 8.24. The van der Waals surface area contributed by atoms with Crippen LogP contribution in [0.1, 0.15) is 0 Å². The molecule has 78 valence electrons. The van der Waals surface area contributed by atoms with E-state index in [9.17, 15) is 0 Å².